The molecular formula is C33H35N3O6S. The van der Waals surface area contributed by atoms with Gasteiger partial charge in [0.1, 0.15) is 5.75 Å². The van der Waals surface area contributed by atoms with E-state index in [1.54, 1.807) is 66.7 Å². The van der Waals surface area contributed by atoms with E-state index >= 15 is 0 Å². The van der Waals surface area contributed by atoms with Gasteiger partial charge in [0.2, 0.25) is 10.0 Å². The molecule has 0 spiro atoms. The maximum atomic E-state index is 13.4. The summed E-state index contributed by atoms with van der Waals surface area (Å²) in [7, 11) is -0.760. The van der Waals surface area contributed by atoms with Crippen molar-refractivity contribution in [3.63, 3.8) is 0 Å². The fourth-order valence-corrected chi connectivity index (χ4v) is 5.74. The number of nitrogens with zero attached hydrogens (tertiary/aromatic N) is 1. The Kier molecular flexibility index (Phi) is 10.5. The second kappa shape index (κ2) is 14.5. The SMILES string of the molecule is COc1cccc(C(=O)NCC(O)C(Cc2ccccc2)NC(=O)c2cccc(N(C)S(=O)(=O)Cc3ccccc3)c2)c1. The molecule has 43 heavy (non-hydrogen) atoms. The van der Waals surface area contributed by atoms with Crippen LogP contribution in [0.15, 0.2) is 109 Å². The molecular weight excluding hydrogens is 566 g/mol. The zero-order chi connectivity index (χ0) is 30.8. The lowest BCUT2D eigenvalue weighted by Gasteiger charge is -2.25. The lowest BCUT2D eigenvalue weighted by Crippen LogP contribution is -2.49. The summed E-state index contributed by atoms with van der Waals surface area (Å²) in [4.78, 5) is 26.1. The van der Waals surface area contributed by atoms with Crippen LogP contribution >= 0.6 is 0 Å². The van der Waals surface area contributed by atoms with Gasteiger partial charge in [-0.1, -0.05) is 72.8 Å². The second-order valence-electron chi connectivity index (χ2n) is 10.0. The Hall–Kier alpha value is -4.67. The minimum Gasteiger partial charge on any atom is -0.497 e. The predicted molar refractivity (Wildman–Crippen MR) is 167 cm³/mol. The molecule has 0 aliphatic carbocycles. The number of carbonyl (C=O) groups is 2. The van der Waals surface area contributed by atoms with Crippen molar-refractivity contribution in [2.24, 2.45) is 0 Å². The topological polar surface area (TPSA) is 125 Å². The van der Waals surface area contributed by atoms with Gasteiger partial charge in [0.25, 0.3) is 11.8 Å². The average Bonchev–Trinajstić information content (AvgIpc) is 3.03. The molecule has 0 heterocycles. The number of carbonyl (C=O) groups excluding carboxylic acids is 2. The van der Waals surface area contributed by atoms with E-state index in [0.717, 1.165) is 9.87 Å². The predicted octanol–water partition coefficient (Wildman–Crippen LogP) is 3.79. The summed E-state index contributed by atoms with van der Waals surface area (Å²) >= 11 is 0. The first-order valence-corrected chi connectivity index (χ1v) is 15.3. The van der Waals surface area contributed by atoms with Crippen molar-refractivity contribution in [2.75, 3.05) is 25.0 Å². The van der Waals surface area contributed by atoms with Crippen LogP contribution in [0, 0.1) is 0 Å². The first-order chi connectivity index (χ1) is 20.7. The molecule has 2 amide bonds. The van der Waals surface area contributed by atoms with Crippen molar-refractivity contribution in [3.05, 3.63) is 131 Å². The highest BCUT2D eigenvalue weighted by Crippen LogP contribution is 2.21. The molecule has 0 fully saturated rings. The highest BCUT2D eigenvalue weighted by molar-refractivity contribution is 7.92. The zero-order valence-electron chi connectivity index (χ0n) is 24.0. The van der Waals surface area contributed by atoms with Crippen LogP contribution in [0.4, 0.5) is 5.69 Å². The van der Waals surface area contributed by atoms with Gasteiger partial charge in [-0.25, -0.2) is 8.42 Å². The van der Waals surface area contributed by atoms with Crippen LogP contribution < -0.4 is 19.7 Å². The standard InChI is InChI=1S/C33H35N3O6S/c1-36(43(40,41)23-25-13-7-4-8-14-25)28-17-9-15-26(20-28)33(39)35-30(19-24-11-5-3-6-12-24)31(37)22-34-32(38)27-16-10-18-29(21-27)42-2/h3-18,20-21,30-31,37H,19,22-23H2,1-2H3,(H,34,38)(H,35,39). The highest BCUT2D eigenvalue weighted by Gasteiger charge is 2.25. The molecule has 10 heteroatoms. The van der Waals surface area contributed by atoms with E-state index in [2.05, 4.69) is 10.6 Å². The third-order valence-corrected chi connectivity index (χ3v) is 8.71. The van der Waals surface area contributed by atoms with E-state index in [0.29, 0.717) is 29.0 Å². The van der Waals surface area contributed by atoms with E-state index in [1.165, 1.54) is 20.2 Å². The van der Waals surface area contributed by atoms with Crippen LogP contribution in [-0.4, -0.2) is 58.2 Å². The molecule has 4 aromatic rings. The number of amides is 2. The van der Waals surface area contributed by atoms with E-state index in [1.807, 2.05) is 36.4 Å². The number of ether oxygens (including phenoxy) is 1. The van der Waals surface area contributed by atoms with E-state index in [-0.39, 0.29) is 17.9 Å². The number of benzene rings is 4. The monoisotopic (exact) mass is 601 g/mol. The molecule has 2 atom stereocenters. The normalized spacial score (nSPS) is 12.5. The fraction of sp³-hybridized carbons (Fsp3) is 0.212. The van der Waals surface area contributed by atoms with Crippen LogP contribution in [0.2, 0.25) is 0 Å². The maximum absolute atomic E-state index is 13.4. The Labute approximate surface area is 252 Å². The second-order valence-corrected chi connectivity index (χ2v) is 12.0. The van der Waals surface area contributed by atoms with E-state index < -0.39 is 34.0 Å². The van der Waals surface area contributed by atoms with Gasteiger partial charge in [-0.15, -0.1) is 0 Å². The van der Waals surface area contributed by atoms with Crippen molar-refractivity contribution in [1.29, 1.82) is 0 Å². The molecule has 0 bridgehead atoms. The zero-order valence-corrected chi connectivity index (χ0v) is 24.8. The minimum atomic E-state index is -3.72. The molecule has 0 saturated heterocycles. The number of hydrogen-bond acceptors (Lipinski definition) is 6. The van der Waals surface area contributed by atoms with E-state index in [4.69, 9.17) is 4.74 Å². The van der Waals surface area contributed by atoms with Gasteiger partial charge in [-0.05, 0) is 53.9 Å². The van der Waals surface area contributed by atoms with Crippen molar-refractivity contribution in [1.82, 2.24) is 10.6 Å². The number of sulfonamides is 1. The quantitative estimate of drug-likeness (QED) is 0.214. The van der Waals surface area contributed by atoms with Gasteiger partial charge in [0.05, 0.1) is 30.7 Å². The largest absolute Gasteiger partial charge is 0.497 e. The third-order valence-electron chi connectivity index (χ3n) is 6.96. The molecule has 0 aliphatic rings. The molecule has 0 aliphatic heterocycles. The first-order valence-electron chi connectivity index (χ1n) is 13.7. The number of aliphatic hydroxyl groups is 1. The van der Waals surface area contributed by atoms with Gasteiger partial charge >= 0.3 is 0 Å². The van der Waals surface area contributed by atoms with Gasteiger partial charge in [0, 0.05) is 24.7 Å². The molecule has 0 aromatic heterocycles. The molecule has 4 aromatic carbocycles. The van der Waals surface area contributed by atoms with Crippen molar-refractivity contribution < 1.29 is 27.9 Å². The maximum Gasteiger partial charge on any atom is 0.251 e. The van der Waals surface area contributed by atoms with Crippen molar-refractivity contribution in [2.45, 2.75) is 24.3 Å². The Morgan fingerprint density at radius 2 is 1.42 bits per heavy atom. The number of methoxy groups -OCH3 is 1. The Balaban J connectivity index is 1.48. The summed E-state index contributed by atoms with van der Waals surface area (Å²) in [5, 5.41) is 16.7. The van der Waals surface area contributed by atoms with Crippen molar-refractivity contribution >= 4 is 27.5 Å². The molecule has 9 nitrogen and oxygen atoms in total. The fourth-order valence-electron chi connectivity index (χ4n) is 4.49. The van der Waals surface area contributed by atoms with Crippen LogP contribution in [0.5, 0.6) is 5.75 Å². The lowest BCUT2D eigenvalue weighted by molar-refractivity contribution is 0.0797. The van der Waals surface area contributed by atoms with Crippen LogP contribution in [-0.2, 0) is 22.2 Å². The number of hydrogen-bond donors (Lipinski definition) is 3. The third kappa shape index (κ3) is 8.67. The number of aliphatic hydroxyl groups excluding tert-OH is 1. The first kappa shape index (κ1) is 31.3. The molecule has 4 rings (SSSR count). The van der Waals surface area contributed by atoms with Gasteiger partial charge < -0.3 is 20.5 Å². The highest BCUT2D eigenvalue weighted by atomic mass is 32.2. The Bertz CT molecular complexity index is 1630. The molecule has 2 unspecified atom stereocenters. The molecule has 0 radical (unpaired) electrons. The van der Waals surface area contributed by atoms with Gasteiger partial charge in [-0.2, -0.15) is 0 Å². The average molecular weight is 602 g/mol. The Morgan fingerprint density at radius 1 is 0.814 bits per heavy atom. The number of anilines is 1. The van der Waals surface area contributed by atoms with Crippen molar-refractivity contribution in [3.8, 4) is 5.75 Å². The number of rotatable bonds is 13. The van der Waals surface area contributed by atoms with Gasteiger partial charge in [-0.3, -0.25) is 13.9 Å². The Morgan fingerprint density at radius 3 is 2.07 bits per heavy atom. The lowest BCUT2D eigenvalue weighted by atomic mass is 10.00. The van der Waals surface area contributed by atoms with E-state index in [9.17, 15) is 23.1 Å². The minimum absolute atomic E-state index is 0.117. The summed E-state index contributed by atoms with van der Waals surface area (Å²) in [5.74, 6) is -0.540. The summed E-state index contributed by atoms with van der Waals surface area (Å²) in [5.41, 5.74) is 2.46. The van der Waals surface area contributed by atoms with Crippen LogP contribution in [0.3, 0.4) is 0 Å². The summed E-state index contributed by atoms with van der Waals surface area (Å²) in [6.07, 6.45) is -0.829. The van der Waals surface area contributed by atoms with Crippen LogP contribution in [0.1, 0.15) is 31.8 Å². The van der Waals surface area contributed by atoms with Gasteiger partial charge in [0.15, 0.2) is 0 Å². The smallest absolute Gasteiger partial charge is 0.251 e. The number of nitrogens with one attached hydrogen (secondary N) is 2. The van der Waals surface area contributed by atoms with Crippen LogP contribution in [0.25, 0.3) is 0 Å². The summed E-state index contributed by atoms with van der Waals surface area (Å²) < 4.78 is 32.5. The molecule has 224 valence electrons. The summed E-state index contributed by atoms with van der Waals surface area (Å²) in [6, 6.07) is 30.4. The summed E-state index contributed by atoms with van der Waals surface area (Å²) in [6.45, 7) is -0.117. The molecule has 0 saturated carbocycles. The molecule has 3 N–H and O–H groups in total.